The number of amides is 2. The Morgan fingerprint density at radius 3 is 2.29 bits per heavy atom. The number of rotatable bonds is 10. The fourth-order valence-corrected chi connectivity index (χ4v) is 3.58. The maximum Gasteiger partial charge on any atom is 0.278 e. The summed E-state index contributed by atoms with van der Waals surface area (Å²) in [6.45, 7) is 3.29. The number of carbonyl (C=O) groups is 2. The first-order valence-corrected chi connectivity index (χ1v) is 10.2. The van der Waals surface area contributed by atoms with Gasteiger partial charge in [-0.15, -0.1) is 0 Å². The third-order valence-electron chi connectivity index (χ3n) is 5.17. The molecule has 0 radical (unpaired) electrons. The lowest BCUT2D eigenvalue weighted by Gasteiger charge is -2.21. The summed E-state index contributed by atoms with van der Waals surface area (Å²) in [4.78, 5) is 29.8. The highest BCUT2D eigenvalue weighted by atomic mass is 16.5. The molecule has 3 rings (SSSR count). The quantitative estimate of drug-likeness (QED) is 0.430. The van der Waals surface area contributed by atoms with Gasteiger partial charge < -0.3 is 19.1 Å². The summed E-state index contributed by atoms with van der Waals surface area (Å²) in [5, 5.41) is 0. The molecule has 0 N–H and O–H groups in total. The number of ether oxygens (including phenoxy) is 3. The van der Waals surface area contributed by atoms with Crippen LogP contribution in [0.1, 0.15) is 18.9 Å². The van der Waals surface area contributed by atoms with E-state index in [1.54, 1.807) is 37.3 Å². The molecule has 0 saturated carbocycles. The van der Waals surface area contributed by atoms with Crippen molar-refractivity contribution in [1.82, 2.24) is 4.90 Å². The average molecular weight is 424 g/mol. The van der Waals surface area contributed by atoms with E-state index in [0.29, 0.717) is 54.5 Å². The van der Waals surface area contributed by atoms with E-state index in [1.165, 1.54) is 12.0 Å². The van der Waals surface area contributed by atoms with E-state index in [9.17, 15) is 9.59 Å². The Morgan fingerprint density at radius 2 is 1.65 bits per heavy atom. The molecule has 0 aliphatic carbocycles. The Hall–Kier alpha value is -3.32. The second-order valence-corrected chi connectivity index (χ2v) is 7.00. The summed E-state index contributed by atoms with van der Waals surface area (Å²) < 4.78 is 16.1. The molecular formula is C24H28N2O5. The molecule has 164 valence electrons. The second kappa shape index (κ2) is 10.1. The molecule has 2 aromatic carbocycles. The van der Waals surface area contributed by atoms with Crippen LogP contribution < -0.4 is 14.4 Å². The molecule has 0 saturated heterocycles. The van der Waals surface area contributed by atoms with Gasteiger partial charge in [-0.1, -0.05) is 24.3 Å². The minimum absolute atomic E-state index is 0.292. The molecule has 2 amide bonds. The number of hydrogen-bond donors (Lipinski definition) is 0. The van der Waals surface area contributed by atoms with Crippen molar-refractivity contribution in [3.8, 4) is 11.5 Å². The normalized spacial score (nSPS) is 13.7. The van der Waals surface area contributed by atoms with Crippen molar-refractivity contribution in [3.63, 3.8) is 0 Å². The monoisotopic (exact) mass is 424 g/mol. The minimum Gasteiger partial charge on any atom is -0.493 e. The summed E-state index contributed by atoms with van der Waals surface area (Å²) in [6, 6.07) is 14.7. The van der Waals surface area contributed by atoms with Crippen molar-refractivity contribution in [2.24, 2.45) is 0 Å². The maximum absolute atomic E-state index is 13.4. The SMILES string of the molecule is CCOCCCN1C(=O)C(c2ccc(OC)c(OC)c2)=C(N(C)c2ccccc2)C1=O. The standard InChI is InChI=1S/C24H28N2O5/c1-5-31-15-9-14-26-23(27)21(17-12-13-19(29-3)20(16-17)30-4)22(24(26)28)25(2)18-10-7-6-8-11-18/h6-8,10-13,16H,5,9,14-15H2,1-4H3. The molecule has 0 unspecified atom stereocenters. The Bertz CT molecular complexity index is 971. The van der Waals surface area contributed by atoms with Crippen molar-refractivity contribution >= 4 is 23.1 Å². The van der Waals surface area contributed by atoms with Crippen LogP contribution in [0.3, 0.4) is 0 Å². The van der Waals surface area contributed by atoms with E-state index in [1.807, 2.05) is 37.3 Å². The molecule has 1 aliphatic heterocycles. The summed E-state index contributed by atoms with van der Waals surface area (Å²) in [5.74, 6) is 0.392. The number of likely N-dealkylation sites (N-methyl/N-ethyl adjacent to an activating group) is 1. The van der Waals surface area contributed by atoms with Gasteiger partial charge >= 0.3 is 0 Å². The number of imide groups is 1. The van der Waals surface area contributed by atoms with Crippen molar-refractivity contribution < 1.29 is 23.8 Å². The number of methoxy groups -OCH3 is 2. The zero-order valence-electron chi connectivity index (χ0n) is 18.4. The lowest BCUT2D eigenvalue weighted by atomic mass is 10.0. The minimum atomic E-state index is -0.327. The number of para-hydroxylation sites is 1. The van der Waals surface area contributed by atoms with Crippen LogP contribution in [-0.2, 0) is 14.3 Å². The van der Waals surface area contributed by atoms with Gasteiger partial charge in [-0.3, -0.25) is 14.5 Å². The van der Waals surface area contributed by atoms with Gasteiger partial charge in [0.2, 0.25) is 0 Å². The smallest absolute Gasteiger partial charge is 0.278 e. The summed E-state index contributed by atoms with van der Waals surface area (Å²) in [5.41, 5.74) is 2.09. The molecule has 0 bridgehead atoms. The van der Waals surface area contributed by atoms with Crippen LogP contribution in [0.4, 0.5) is 5.69 Å². The summed E-state index contributed by atoms with van der Waals surface area (Å²) >= 11 is 0. The molecule has 1 heterocycles. The molecule has 7 heteroatoms. The first kappa shape index (κ1) is 22.4. The number of nitrogens with zero attached hydrogens (tertiary/aromatic N) is 2. The van der Waals surface area contributed by atoms with Crippen LogP contribution in [0.5, 0.6) is 11.5 Å². The van der Waals surface area contributed by atoms with Gasteiger partial charge in [-0.25, -0.2) is 0 Å². The molecule has 1 aliphatic rings. The lowest BCUT2D eigenvalue weighted by molar-refractivity contribution is -0.137. The molecule has 0 aromatic heterocycles. The Kier molecular flexibility index (Phi) is 7.31. The molecule has 0 fully saturated rings. The van der Waals surface area contributed by atoms with E-state index in [2.05, 4.69) is 0 Å². The molecule has 0 spiro atoms. The highest BCUT2D eigenvalue weighted by molar-refractivity contribution is 6.36. The largest absolute Gasteiger partial charge is 0.493 e. The molecule has 7 nitrogen and oxygen atoms in total. The van der Waals surface area contributed by atoms with Gasteiger partial charge in [0, 0.05) is 32.5 Å². The highest BCUT2D eigenvalue weighted by Crippen LogP contribution is 2.37. The van der Waals surface area contributed by atoms with Crippen LogP contribution in [0.2, 0.25) is 0 Å². The van der Waals surface area contributed by atoms with E-state index < -0.39 is 0 Å². The summed E-state index contributed by atoms with van der Waals surface area (Å²) in [7, 11) is 4.88. The van der Waals surface area contributed by atoms with Gasteiger partial charge in [-0.2, -0.15) is 0 Å². The Balaban J connectivity index is 2.05. The number of hydrogen-bond acceptors (Lipinski definition) is 6. The molecule has 0 atom stereocenters. The molecular weight excluding hydrogens is 396 g/mol. The van der Waals surface area contributed by atoms with Gasteiger partial charge in [0.25, 0.3) is 11.8 Å². The van der Waals surface area contributed by atoms with Crippen LogP contribution in [0.15, 0.2) is 54.2 Å². The van der Waals surface area contributed by atoms with Crippen molar-refractivity contribution in [2.75, 3.05) is 45.9 Å². The summed E-state index contributed by atoms with van der Waals surface area (Å²) in [6.07, 6.45) is 0.576. The topological polar surface area (TPSA) is 68.3 Å². The van der Waals surface area contributed by atoms with Crippen molar-refractivity contribution in [2.45, 2.75) is 13.3 Å². The predicted octanol–water partition coefficient (Wildman–Crippen LogP) is 3.35. The fourth-order valence-electron chi connectivity index (χ4n) is 3.58. The molecule has 31 heavy (non-hydrogen) atoms. The number of carbonyl (C=O) groups excluding carboxylic acids is 2. The fraction of sp³-hybridized carbons (Fsp3) is 0.333. The second-order valence-electron chi connectivity index (χ2n) is 7.00. The van der Waals surface area contributed by atoms with E-state index in [4.69, 9.17) is 14.2 Å². The zero-order valence-corrected chi connectivity index (χ0v) is 18.4. The number of anilines is 1. The zero-order chi connectivity index (χ0) is 22.4. The van der Waals surface area contributed by atoms with Crippen LogP contribution in [0.25, 0.3) is 5.57 Å². The lowest BCUT2D eigenvalue weighted by Crippen LogP contribution is -2.35. The average Bonchev–Trinajstić information content (AvgIpc) is 3.05. The van der Waals surface area contributed by atoms with E-state index in [-0.39, 0.29) is 11.8 Å². The number of benzene rings is 2. The maximum atomic E-state index is 13.4. The third-order valence-corrected chi connectivity index (χ3v) is 5.17. The Labute approximate surface area is 182 Å². The van der Waals surface area contributed by atoms with Gasteiger partial charge in [-0.05, 0) is 43.2 Å². The predicted molar refractivity (Wildman–Crippen MR) is 119 cm³/mol. The molecule has 2 aromatic rings. The van der Waals surface area contributed by atoms with Crippen molar-refractivity contribution in [1.29, 1.82) is 0 Å². The van der Waals surface area contributed by atoms with Gasteiger partial charge in [0.15, 0.2) is 11.5 Å². The van der Waals surface area contributed by atoms with E-state index in [0.717, 1.165) is 5.69 Å². The highest BCUT2D eigenvalue weighted by Gasteiger charge is 2.41. The third kappa shape index (κ3) is 4.56. The van der Waals surface area contributed by atoms with E-state index >= 15 is 0 Å². The van der Waals surface area contributed by atoms with Crippen LogP contribution in [-0.4, -0.2) is 57.7 Å². The van der Waals surface area contributed by atoms with Crippen LogP contribution >= 0.6 is 0 Å². The van der Waals surface area contributed by atoms with Crippen LogP contribution in [0, 0.1) is 0 Å². The first-order chi connectivity index (χ1) is 15.0. The van der Waals surface area contributed by atoms with Crippen molar-refractivity contribution in [3.05, 3.63) is 59.8 Å². The first-order valence-electron chi connectivity index (χ1n) is 10.2. The Morgan fingerprint density at radius 1 is 0.935 bits per heavy atom. The van der Waals surface area contributed by atoms with Gasteiger partial charge in [0.05, 0.1) is 19.8 Å². The van der Waals surface area contributed by atoms with Gasteiger partial charge in [0.1, 0.15) is 5.70 Å².